The average molecular weight is 198 g/mol. The lowest BCUT2D eigenvalue weighted by atomic mass is 10.0. The van der Waals surface area contributed by atoms with Crippen molar-refractivity contribution in [2.24, 2.45) is 0 Å². The Labute approximate surface area is 84.9 Å². The minimum Gasteiger partial charge on any atom is -0.442 e. The van der Waals surface area contributed by atoms with Crippen LogP contribution >= 0.6 is 0 Å². The Balaban J connectivity index is 2.61. The molecule has 0 spiro atoms. The van der Waals surface area contributed by atoms with Crippen molar-refractivity contribution >= 4 is 6.09 Å². The fourth-order valence-corrected chi connectivity index (χ4v) is 1.58. The first-order chi connectivity index (χ1) is 6.54. The van der Waals surface area contributed by atoms with Crippen molar-refractivity contribution in [3.63, 3.8) is 0 Å². The molecular formula is C10H18N2O2. The third kappa shape index (κ3) is 2.40. The molecule has 1 N–H and O–H groups in total. The highest BCUT2D eigenvalue weighted by atomic mass is 16.6. The summed E-state index contributed by atoms with van der Waals surface area (Å²) in [5.41, 5.74) is 1.15. The quantitative estimate of drug-likeness (QED) is 0.691. The van der Waals surface area contributed by atoms with Gasteiger partial charge in [-0.05, 0) is 19.9 Å². The third-order valence-electron chi connectivity index (χ3n) is 2.68. The van der Waals surface area contributed by atoms with E-state index in [-0.39, 0.29) is 12.2 Å². The Bertz CT molecular complexity index is 251. The van der Waals surface area contributed by atoms with Crippen LogP contribution in [0.25, 0.3) is 0 Å². The van der Waals surface area contributed by atoms with Crippen LogP contribution in [0.15, 0.2) is 11.8 Å². The largest absolute Gasteiger partial charge is 0.442 e. The van der Waals surface area contributed by atoms with E-state index in [1.807, 2.05) is 20.0 Å². The maximum Gasteiger partial charge on any atom is 0.407 e. The number of nitrogens with zero attached hydrogens (tertiary/aromatic N) is 1. The van der Waals surface area contributed by atoms with Crippen LogP contribution in [0.4, 0.5) is 4.79 Å². The van der Waals surface area contributed by atoms with Crippen LogP contribution in [0.5, 0.6) is 0 Å². The van der Waals surface area contributed by atoms with E-state index < -0.39 is 0 Å². The monoisotopic (exact) mass is 198 g/mol. The highest BCUT2D eigenvalue weighted by molar-refractivity contribution is 5.67. The molecule has 1 heterocycles. The second kappa shape index (κ2) is 4.35. The molecule has 4 nitrogen and oxygen atoms in total. The van der Waals surface area contributed by atoms with E-state index in [1.54, 1.807) is 7.05 Å². The van der Waals surface area contributed by atoms with Crippen LogP contribution in [0.3, 0.4) is 0 Å². The molecule has 2 unspecified atom stereocenters. The second-order valence-corrected chi connectivity index (χ2v) is 3.70. The molecule has 2 atom stereocenters. The van der Waals surface area contributed by atoms with E-state index in [9.17, 15) is 4.79 Å². The summed E-state index contributed by atoms with van der Waals surface area (Å²) >= 11 is 0. The van der Waals surface area contributed by atoms with Gasteiger partial charge in [0, 0.05) is 32.3 Å². The summed E-state index contributed by atoms with van der Waals surface area (Å²) in [6.45, 7) is 4.15. The standard InChI is InChI=1S/C10H18N2O2/c1-7-5-9(14-10(13)11-3)6-8(2)12(7)4/h5,8-9H,6H2,1-4H3,(H,11,13). The lowest BCUT2D eigenvalue weighted by Crippen LogP contribution is -2.38. The number of nitrogens with one attached hydrogen (secondary N) is 1. The predicted molar refractivity (Wildman–Crippen MR) is 54.9 cm³/mol. The summed E-state index contributed by atoms with van der Waals surface area (Å²) in [5, 5.41) is 2.45. The van der Waals surface area contributed by atoms with Crippen LogP contribution in [-0.4, -0.2) is 37.2 Å². The molecule has 0 bridgehead atoms. The molecule has 14 heavy (non-hydrogen) atoms. The van der Waals surface area contributed by atoms with Gasteiger partial charge in [-0.1, -0.05) is 0 Å². The van der Waals surface area contributed by atoms with Gasteiger partial charge in [-0.15, -0.1) is 0 Å². The lowest BCUT2D eigenvalue weighted by molar-refractivity contribution is 0.0937. The molecule has 1 aliphatic heterocycles. The number of amides is 1. The van der Waals surface area contributed by atoms with Crippen molar-refractivity contribution < 1.29 is 9.53 Å². The molecule has 0 radical (unpaired) electrons. The molecule has 80 valence electrons. The Morgan fingerprint density at radius 2 is 2.36 bits per heavy atom. The number of hydrogen-bond donors (Lipinski definition) is 1. The fourth-order valence-electron chi connectivity index (χ4n) is 1.58. The first kappa shape index (κ1) is 10.9. The van der Waals surface area contributed by atoms with E-state index in [2.05, 4.69) is 17.1 Å². The van der Waals surface area contributed by atoms with Crippen molar-refractivity contribution in [2.75, 3.05) is 14.1 Å². The molecule has 0 aliphatic carbocycles. The van der Waals surface area contributed by atoms with Gasteiger partial charge in [0.2, 0.25) is 0 Å². The summed E-state index contributed by atoms with van der Waals surface area (Å²) in [7, 11) is 3.61. The van der Waals surface area contributed by atoms with E-state index >= 15 is 0 Å². The minimum atomic E-state index is -0.365. The molecule has 4 heteroatoms. The van der Waals surface area contributed by atoms with Crippen molar-refractivity contribution in [3.05, 3.63) is 11.8 Å². The molecule has 0 aromatic heterocycles. The van der Waals surface area contributed by atoms with E-state index in [0.29, 0.717) is 6.04 Å². The van der Waals surface area contributed by atoms with Gasteiger partial charge in [-0.3, -0.25) is 0 Å². The summed E-state index contributed by atoms with van der Waals surface area (Å²) in [5.74, 6) is 0. The first-order valence-electron chi connectivity index (χ1n) is 4.84. The Kier molecular flexibility index (Phi) is 3.38. The van der Waals surface area contributed by atoms with Crippen LogP contribution in [0, 0.1) is 0 Å². The maximum atomic E-state index is 11.0. The highest BCUT2D eigenvalue weighted by Gasteiger charge is 2.23. The molecule has 0 aromatic rings. The van der Waals surface area contributed by atoms with Crippen LogP contribution in [0.1, 0.15) is 20.3 Å². The van der Waals surface area contributed by atoms with Gasteiger partial charge in [-0.2, -0.15) is 0 Å². The summed E-state index contributed by atoms with van der Waals surface area (Å²) in [6.07, 6.45) is 2.37. The smallest absolute Gasteiger partial charge is 0.407 e. The first-order valence-corrected chi connectivity index (χ1v) is 4.84. The van der Waals surface area contributed by atoms with Gasteiger partial charge in [0.15, 0.2) is 0 Å². The van der Waals surface area contributed by atoms with Gasteiger partial charge in [0.1, 0.15) is 6.10 Å². The van der Waals surface area contributed by atoms with Gasteiger partial charge >= 0.3 is 6.09 Å². The van der Waals surface area contributed by atoms with E-state index in [0.717, 1.165) is 12.1 Å². The van der Waals surface area contributed by atoms with Gasteiger partial charge < -0.3 is 15.0 Å². The zero-order chi connectivity index (χ0) is 10.7. The fraction of sp³-hybridized carbons (Fsp3) is 0.700. The summed E-state index contributed by atoms with van der Waals surface area (Å²) < 4.78 is 5.18. The number of alkyl carbamates (subject to hydrolysis) is 1. The van der Waals surface area contributed by atoms with Crippen molar-refractivity contribution in [3.8, 4) is 0 Å². The number of carbonyl (C=O) groups excluding carboxylic acids is 1. The molecule has 1 amide bonds. The highest BCUT2D eigenvalue weighted by Crippen LogP contribution is 2.20. The van der Waals surface area contributed by atoms with Crippen LogP contribution < -0.4 is 5.32 Å². The predicted octanol–water partition coefficient (Wildman–Crippen LogP) is 1.34. The van der Waals surface area contributed by atoms with Crippen molar-refractivity contribution in [2.45, 2.75) is 32.4 Å². The molecule has 0 fully saturated rings. The number of rotatable bonds is 1. The summed E-state index contributed by atoms with van der Waals surface area (Å²) in [4.78, 5) is 13.2. The molecule has 1 aliphatic rings. The Morgan fingerprint density at radius 3 is 2.86 bits per heavy atom. The van der Waals surface area contributed by atoms with Crippen molar-refractivity contribution in [1.82, 2.24) is 10.2 Å². The van der Waals surface area contributed by atoms with Gasteiger partial charge in [-0.25, -0.2) is 4.79 Å². The topological polar surface area (TPSA) is 41.6 Å². The number of allylic oxidation sites excluding steroid dienone is 1. The molecule has 0 saturated heterocycles. The third-order valence-corrected chi connectivity index (χ3v) is 2.68. The number of ether oxygens (including phenoxy) is 1. The minimum absolute atomic E-state index is 0.0962. The zero-order valence-corrected chi connectivity index (χ0v) is 9.20. The Hall–Kier alpha value is -1.19. The van der Waals surface area contributed by atoms with E-state index in [4.69, 9.17) is 4.74 Å². The SMILES string of the molecule is CNC(=O)OC1C=C(C)N(C)C(C)C1. The lowest BCUT2D eigenvalue weighted by Gasteiger charge is -2.34. The zero-order valence-electron chi connectivity index (χ0n) is 9.20. The van der Waals surface area contributed by atoms with Crippen molar-refractivity contribution in [1.29, 1.82) is 0 Å². The average Bonchev–Trinajstić information content (AvgIpc) is 2.14. The maximum absolute atomic E-state index is 11.0. The second-order valence-electron chi connectivity index (χ2n) is 3.70. The molecule has 0 saturated carbocycles. The van der Waals surface area contributed by atoms with E-state index in [1.165, 1.54) is 0 Å². The number of carbonyl (C=O) groups is 1. The molecular weight excluding hydrogens is 180 g/mol. The molecule has 0 aromatic carbocycles. The van der Waals surface area contributed by atoms with Crippen LogP contribution in [-0.2, 0) is 4.74 Å². The van der Waals surface area contributed by atoms with Gasteiger partial charge in [0.05, 0.1) is 0 Å². The summed E-state index contributed by atoms with van der Waals surface area (Å²) in [6, 6.07) is 0.412. The molecule has 1 rings (SSSR count). The number of hydrogen-bond acceptors (Lipinski definition) is 3. The van der Waals surface area contributed by atoms with Gasteiger partial charge in [0.25, 0.3) is 0 Å². The Morgan fingerprint density at radius 1 is 1.71 bits per heavy atom. The van der Waals surface area contributed by atoms with Crippen LogP contribution in [0.2, 0.25) is 0 Å². The normalized spacial score (nSPS) is 26.9.